The highest BCUT2D eigenvalue weighted by Crippen LogP contribution is 2.47. The summed E-state index contributed by atoms with van der Waals surface area (Å²) in [5, 5.41) is 6.89. The first kappa shape index (κ1) is 19.1. The van der Waals surface area contributed by atoms with E-state index in [2.05, 4.69) is 52.0 Å². The summed E-state index contributed by atoms with van der Waals surface area (Å²) in [5.41, 5.74) is 2.87. The molecule has 1 fully saturated rings. The van der Waals surface area contributed by atoms with Gasteiger partial charge in [-0.3, -0.25) is 4.99 Å². The maximum atomic E-state index is 5.37. The van der Waals surface area contributed by atoms with Crippen molar-refractivity contribution in [2.75, 3.05) is 34.4 Å². The normalized spacial score (nSPS) is 15.1. The number of benzene rings is 2. The first-order chi connectivity index (χ1) is 13.2. The molecule has 0 radical (unpaired) electrons. The number of nitrogens with one attached hydrogen (secondary N) is 2. The fraction of sp³-hybridized carbons (Fsp3) is 0.409. The van der Waals surface area contributed by atoms with Gasteiger partial charge in [0.2, 0.25) is 0 Å². The number of guanidine groups is 1. The molecular formula is C22H29N3O2. The topological polar surface area (TPSA) is 54.9 Å². The van der Waals surface area contributed by atoms with Gasteiger partial charge < -0.3 is 20.1 Å². The van der Waals surface area contributed by atoms with Crippen LogP contribution in [-0.4, -0.2) is 40.3 Å². The van der Waals surface area contributed by atoms with Crippen LogP contribution in [0.5, 0.6) is 11.5 Å². The molecule has 2 aromatic rings. The van der Waals surface area contributed by atoms with Crippen LogP contribution in [0, 0.1) is 0 Å². The van der Waals surface area contributed by atoms with Crippen LogP contribution in [0.15, 0.2) is 53.5 Å². The smallest absolute Gasteiger partial charge is 0.191 e. The van der Waals surface area contributed by atoms with Crippen molar-refractivity contribution in [3.05, 3.63) is 59.7 Å². The minimum atomic E-state index is 0.266. The molecule has 0 spiro atoms. The predicted octanol–water partition coefficient (Wildman–Crippen LogP) is 3.14. The summed E-state index contributed by atoms with van der Waals surface area (Å²) in [6.07, 6.45) is 3.34. The Hall–Kier alpha value is -2.69. The Morgan fingerprint density at radius 2 is 1.74 bits per heavy atom. The number of aliphatic imine (C=N–C) groups is 1. The van der Waals surface area contributed by atoms with Gasteiger partial charge in [0.05, 0.1) is 14.2 Å². The van der Waals surface area contributed by atoms with Crippen molar-refractivity contribution in [3.63, 3.8) is 0 Å². The van der Waals surface area contributed by atoms with Gasteiger partial charge in [0.15, 0.2) is 17.5 Å². The Kier molecular flexibility index (Phi) is 6.22. The Balaban J connectivity index is 1.49. The molecule has 0 aromatic heterocycles. The zero-order valence-electron chi connectivity index (χ0n) is 16.4. The van der Waals surface area contributed by atoms with Crippen LogP contribution in [-0.2, 0) is 11.8 Å². The number of nitrogens with zero attached hydrogens (tertiary/aromatic N) is 1. The number of hydrogen-bond donors (Lipinski definition) is 2. The molecule has 2 N–H and O–H groups in total. The molecule has 144 valence electrons. The van der Waals surface area contributed by atoms with Crippen LogP contribution < -0.4 is 20.1 Å². The fourth-order valence-electron chi connectivity index (χ4n) is 3.35. The van der Waals surface area contributed by atoms with Crippen molar-refractivity contribution < 1.29 is 9.47 Å². The number of ether oxygens (including phenoxy) is 2. The lowest BCUT2D eigenvalue weighted by Crippen LogP contribution is -2.41. The maximum Gasteiger partial charge on any atom is 0.191 e. The van der Waals surface area contributed by atoms with Gasteiger partial charge >= 0.3 is 0 Å². The van der Waals surface area contributed by atoms with Crippen molar-refractivity contribution in [1.82, 2.24) is 10.6 Å². The van der Waals surface area contributed by atoms with Crippen molar-refractivity contribution in [3.8, 4) is 11.5 Å². The van der Waals surface area contributed by atoms with Crippen LogP contribution in [0.25, 0.3) is 0 Å². The molecule has 1 aliphatic rings. The summed E-state index contributed by atoms with van der Waals surface area (Å²) < 4.78 is 10.7. The number of methoxy groups -OCH3 is 2. The molecule has 5 heteroatoms. The van der Waals surface area contributed by atoms with Gasteiger partial charge in [0, 0.05) is 25.6 Å². The Morgan fingerprint density at radius 3 is 2.37 bits per heavy atom. The largest absolute Gasteiger partial charge is 0.493 e. The van der Waals surface area contributed by atoms with Crippen LogP contribution in [0.2, 0.25) is 0 Å². The van der Waals surface area contributed by atoms with Gasteiger partial charge in [-0.2, -0.15) is 0 Å². The van der Waals surface area contributed by atoms with Gasteiger partial charge in [-0.1, -0.05) is 36.4 Å². The fourth-order valence-corrected chi connectivity index (χ4v) is 3.35. The zero-order valence-corrected chi connectivity index (χ0v) is 16.4. The summed E-state index contributed by atoms with van der Waals surface area (Å²) in [6, 6.07) is 16.8. The van der Waals surface area contributed by atoms with Gasteiger partial charge in [-0.15, -0.1) is 0 Å². The maximum absolute atomic E-state index is 5.37. The third-order valence-electron chi connectivity index (χ3n) is 5.21. The van der Waals surface area contributed by atoms with Crippen LogP contribution >= 0.6 is 0 Å². The van der Waals surface area contributed by atoms with Crippen molar-refractivity contribution >= 4 is 5.96 Å². The monoisotopic (exact) mass is 367 g/mol. The van der Waals surface area contributed by atoms with E-state index < -0.39 is 0 Å². The molecule has 1 saturated carbocycles. The summed E-state index contributed by atoms with van der Waals surface area (Å²) in [4.78, 5) is 4.35. The molecule has 0 heterocycles. The van der Waals surface area contributed by atoms with Gasteiger partial charge in [-0.25, -0.2) is 0 Å². The minimum absolute atomic E-state index is 0.266. The molecular weight excluding hydrogens is 338 g/mol. The van der Waals surface area contributed by atoms with Gasteiger partial charge in [-0.05, 0) is 42.5 Å². The predicted molar refractivity (Wildman–Crippen MR) is 110 cm³/mol. The quantitative estimate of drug-likeness (QED) is 0.556. The summed E-state index contributed by atoms with van der Waals surface area (Å²) in [5.74, 6) is 2.36. The lowest BCUT2D eigenvalue weighted by molar-refractivity contribution is 0.354. The average molecular weight is 367 g/mol. The van der Waals surface area contributed by atoms with E-state index in [1.165, 1.54) is 24.0 Å². The van der Waals surface area contributed by atoms with Crippen molar-refractivity contribution in [2.24, 2.45) is 4.99 Å². The zero-order chi connectivity index (χ0) is 19.1. The van der Waals surface area contributed by atoms with Crippen molar-refractivity contribution in [1.29, 1.82) is 0 Å². The van der Waals surface area contributed by atoms with E-state index in [0.29, 0.717) is 0 Å². The first-order valence-electron chi connectivity index (χ1n) is 9.42. The highest BCUT2D eigenvalue weighted by atomic mass is 16.5. The van der Waals surface area contributed by atoms with Crippen molar-refractivity contribution in [2.45, 2.75) is 24.7 Å². The molecule has 2 aromatic carbocycles. The molecule has 0 amide bonds. The van der Waals surface area contributed by atoms with E-state index >= 15 is 0 Å². The SMILES string of the molecule is CN=C(NCCc1ccc(OC)c(OC)c1)NCC1(c2ccccc2)CC1. The molecule has 1 aliphatic carbocycles. The van der Waals surface area contributed by atoms with E-state index in [9.17, 15) is 0 Å². The molecule has 0 saturated heterocycles. The minimum Gasteiger partial charge on any atom is -0.493 e. The van der Waals surface area contributed by atoms with Gasteiger partial charge in [0.25, 0.3) is 0 Å². The third kappa shape index (κ3) is 4.73. The van der Waals surface area contributed by atoms with E-state index in [1.54, 1.807) is 14.2 Å². The van der Waals surface area contributed by atoms with Crippen LogP contribution in [0.3, 0.4) is 0 Å². The second-order valence-electron chi connectivity index (χ2n) is 6.94. The van der Waals surface area contributed by atoms with Crippen LogP contribution in [0.1, 0.15) is 24.0 Å². The second-order valence-corrected chi connectivity index (χ2v) is 6.94. The molecule has 0 unspecified atom stereocenters. The van der Waals surface area contributed by atoms with E-state index in [4.69, 9.17) is 9.47 Å². The third-order valence-corrected chi connectivity index (χ3v) is 5.21. The lowest BCUT2D eigenvalue weighted by Gasteiger charge is -2.19. The average Bonchev–Trinajstić information content (AvgIpc) is 3.52. The van der Waals surface area contributed by atoms with E-state index in [-0.39, 0.29) is 5.41 Å². The Morgan fingerprint density at radius 1 is 1.00 bits per heavy atom. The lowest BCUT2D eigenvalue weighted by atomic mass is 9.96. The van der Waals surface area contributed by atoms with E-state index in [1.807, 2.05) is 19.2 Å². The molecule has 0 bridgehead atoms. The van der Waals surface area contributed by atoms with Crippen LogP contribution in [0.4, 0.5) is 0 Å². The standard InChI is InChI=1S/C22H29N3O2/c1-23-21(25-16-22(12-13-22)18-7-5-4-6-8-18)24-14-11-17-9-10-19(26-2)20(15-17)27-3/h4-10,15H,11-14,16H2,1-3H3,(H2,23,24,25). The summed E-state index contributed by atoms with van der Waals surface area (Å²) in [7, 11) is 5.12. The molecule has 3 rings (SSSR count). The molecule has 0 atom stereocenters. The highest BCUT2D eigenvalue weighted by molar-refractivity contribution is 5.79. The summed E-state index contributed by atoms with van der Waals surface area (Å²) in [6.45, 7) is 1.71. The van der Waals surface area contributed by atoms with Gasteiger partial charge in [0.1, 0.15) is 0 Å². The molecule has 27 heavy (non-hydrogen) atoms. The number of rotatable bonds is 8. The molecule has 5 nitrogen and oxygen atoms in total. The second kappa shape index (κ2) is 8.80. The molecule has 0 aliphatic heterocycles. The first-order valence-corrected chi connectivity index (χ1v) is 9.42. The summed E-state index contributed by atoms with van der Waals surface area (Å²) >= 11 is 0. The Labute approximate surface area is 161 Å². The highest BCUT2D eigenvalue weighted by Gasteiger charge is 2.43. The van der Waals surface area contributed by atoms with E-state index in [0.717, 1.165) is 37.0 Å². The Bertz CT molecular complexity index is 770. The number of hydrogen-bond acceptors (Lipinski definition) is 3.